The summed E-state index contributed by atoms with van der Waals surface area (Å²) in [5, 5.41) is 0. The summed E-state index contributed by atoms with van der Waals surface area (Å²) in [7, 11) is 0. The maximum absolute atomic E-state index is 12.6. The van der Waals surface area contributed by atoms with Crippen molar-refractivity contribution < 1.29 is 57.2 Å². The first-order valence-corrected chi connectivity index (χ1v) is 18.6. The Balaban J connectivity index is 3.30. The van der Waals surface area contributed by atoms with Gasteiger partial charge >= 0.3 is 35.9 Å². The van der Waals surface area contributed by atoms with Crippen LogP contribution in [0.2, 0.25) is 0 Å². The lowest BCUT2D eigenvalue weighted by atomic mass is 9.81. The number of hydrogen-bond donors (Lipinski definition) is 1. The largest absolute Gasteiger partial charge is 0.462 e. The Labute approximate surface area is 321 Å². The summed E-state index contributed by atoms with van der Waals surface area (Å²) < 4.78 is 33.8. The standard InChI is InChI=1S/C41H63NO12/c1-14-15-16-23(3)37(54-41(42)48)28(8)38(51-32(12)45)26(6)20-22(2)19-25(5)36(50-31(11)44)24(4)17-18-34(49-30(10)43)21-35-27(7)39(52-33(13)46)29(9)40(47)53-35/h14-19,23-29,34-39H,1,20-21H2,2-13H3,(H2,42,48)/b16-15-,18-17-,22-19-/t23-,24-,25-,26-,27-,28-,29+,34+,35-,36-,37-,38+,39-/m0/s1. The van der Waals surface area contributed by atoms with Crippen LogP contribution in [-0.2, 0) is 52.4 Å². The Bertz CT molecular complexity index is 1400. The molecule has 13 heteroatoms. The van der Waals surface area contributed by atoms with Crippen LogP contribution in [0, 0.1) is 41.4 Å². The third-order valence-electron chi connectivity index (χ3n) is 9.70. The normalized spacial score (nSPS) is 24.1. The van der Waals surface area contributed by atoms with Gasteiger partial charge in [0.1, 0.15) is 36.6 Å². The molecule has 0 radical (unpaired) electrons. The molecule has 2 N–H and O–H groups in total. The molecule has 1 rings (SSSR count). The molecule has 304 valence electrons. The molecular formula is C41H63NO12. The van der Waals surface area contributed by atoms with Crippen molar-refractivity contribution in [1.29, 1.82) is 0 Å². The van der Waals surface area contributed by atoms with E-state index >= 15 is 0 Å². The molecule has 1 saturated heterocycles. The summed E-state index contributed by atoms with van der Waals surface area (Å²) in [5.41, 5.74) is 6.36. The van der Waals surface area contributed by atoms with E-state index in [0.717, 1.165) is 5.57 Å². The van der Waals surface area contributed by atoms with E-state index in [1.54, 1.807) is 31.2 Å². The number of hydrogen-bond acceptors (Lipinski definition) is 12. The quantitative estimate of drug-likeness (QED) is 0.0610. The first-order chi connectivity index (χ1) is 25.1. The summed E-state index contributed by atoms with van der Waals surface area (Å²) >= 11 is 0. The molecule has 1 aliphatic heterocycles. The molecule has 1 heterocycles. The van der Waals surface area contributed by atoms with Gasteiger partial charge in [-0.15, -0.1) is 0 Å². The van der Waals surface area contributed by atoms with Crippen LogP contribution >= 0.6 is 0 Å². The zero-order valence-corrected chi connectivity index (χ0v) is 34.1. The number of amides is 1. The molecule has 0 aromatic rings. The van der Waals surface area contributed by atoms with Crippen molar-refractivity contribution in [2.75, 3.05) is 0 Å². The summed E-state index contributed by atoms with van der Waals surface area (Å²) in [6.07, 6.45) is 6.27. The minimum Gasteiger partial charge on any atom is -0.462 e. The van der Waals surface area contributed by atoms with E-state index in [4.69, 9.17) is 34.2 Å². The van der Waals surface area contributed by atoms with Gasteiger partial charge in [-0.25, -0.2) is 4.79 Å². The number of carbonyl (C=O) groups is 6. The first-order valence-electron chi connectivity index (χ1n) is 18.6. The molecule has 0 aromatic carbocycles. The van der Waals surface area contributed by atoms with Crippen LogP contribution in [0.3, 0.4) is 0 Å². The fourth-order valence-electron chi connectivity index (χ4n) is 7.28. The van der Waals surface area contributed by atoms with E-state index < -0.39 is 84.4 Å². The number of esters is 5. The number of allylic oxidation sites excluding steroid dienone is 3. The highest BCUT2D eigenvalue weighted by molar-refractivity contribution is 5.75. The molecule has 0 unspecified atom stereocenters. The molecule has 0 bridgehead atoms. The van der Waals surface area contributed by atoms with Crippen molar-refractivity contribution in [3.63, 3.8) is 0 Å². The second-order valence-electron chi connectivity index (χ2n) is 14.8. The van der Waals surface area contributed by atoms with Gasteiger partial charge in [0, 0.05) is 63.7 Å². The minimum absolute atomic E-state index is 0.126. The number of ether oxygens (including phenoxy) is 6. The van der Waals surface area contributed by atoms with Gasteiger partial charge in [0.2, 0.25) is 0 Å². The predicted octanol–water partition coefficient (Wildman–Crippen LogP) is 6.58. The molecule has 0 saturated carbocycles. The Morgan fingerprint density at radius 2 is 1.31 bits per heavy atom. The van der Waals surface area contributed by atoms with Crippen LogP contribution in [0.15, 0.2) is 48.6 Å². The van der Waals surface area contributed by atoms with Crippen molar-refractivity contribution in [2.24, 2.45) is 47.2 Å². The van der Waals surface area contributed by atoms with Crippen molar-refractivity contribution >= 4 is 35.9 Å². The average Bonchev–Trinajstić information content (AvgIpc) is 3.05. The molecule has 13 atom stereocenters. The second-order valence-corrected chi connectivity index (χ2v) is 14.8. The van der Waals surface area contributed by atoms with Gasteiger partial charge in [-0.05, 0) is 32.3 Å². The van der Waals surface area contributed by atoms with Gasteiger partial charge in [0.15, 0.2) is 0 Å². The van der Waals surface area contributed by atoms with Gasteiger partial charge in [0.05, 0.1) is 5.92 Å². The molecule has 0 aromatic heterocycles. The SMILES string of the molecule is C=C/C=C\[C@H](C)[C@H](OC(N)=O)[C@H](C)[C@H](OC(C)=O)[C@@H](C)C/C(C)=C\[C@H](C)[C@@H](OC(C)=O)[C@@H](C)/C=C\[C@H](C[C@@H]1OC(=O)[C@H](C)[C@@H](OC(C)=O)[C@H]1C)OC(C)=O. The van der Waals surface area contributed by atoms with Crippen LogP contribution in [-0.4, -0.2) is 72.6 Å². The lowest BCUT2D eigenvalue weighted by Crippen LogP contribution is -2.49. The van der Waals surface area contributed by atoms with Crippen LogP contribution in [0.5, 0.6) is 0 Å². The monoisotopic (exact) mass is 761 g/mol. The van der Waals surface area contributed by atoms with Gasteiger partial charge in [-0.1, -0.05) is 84.1 Å². The van der Waals surface area contributed by atoms with E-state index in [1.807, 2.05) is 60.6 Å². The number of nitrogens with two attached hydrogens (primary N) is 1. The highest BCUT2D eigenvalue weighted by atomic mass is 16.6. The minimum atomic E-state index is -0.932. The summed E-state index contributed by atoms with van der Waals surface area (Å²) in [4.78, 5) is 72.8. The molecule has 1 aliphatic rings. The zero-order valence-electron chi connectivity index (χ0n) is 34.1. The van der Waals surface area contributed by atoms with Crippen LogP contribution in [0.25, 0.3) is 0 Å². The lowest BCUT2D eigenvalue weighted by molar-refractivity contribution is -0.189. The molecule has 1 fully saturated rings. The number of carbonyl (C=O) groups excluding carboxylic acids is 6. The third-order valence-corrected chi connectivity index (χ3v) is 9.70. The number of rotatable bonds is 20. The van der Waals surface area contributed by atoms with Crippen molar-refractivity contribution in [3.8, 4) is 0 Å². The molecular weight excluding hydrogens is 698 g/mol. The summed E-state index contributed by atoms with van der Waals surface area (Å²) in [6, 6.07) is 0. The van der Waals surface area contributed by atoms with E-state index in [0.29, 0.717) is 6.42 Å². The van der Waals surface area contributed by atoms with E-state index in [9.17, 15) is 28.8 Å². The van der Waals surface area contributed by atoms with Crippen LogP contribution < -0.4 is 5.73 Å². The van der Waals surface area contributed by atoms with Crippen molar-refractivity contribution in [3.05, 3.63) is 48.6 Å². The number of primary amides is 1. The maximum atomic E-state index is 12.6. The second kappa shape index (κ2) is 22.7. The lowest BCUT2D eigenvalue weighted by Gasteiger charge is -2.39. The smallest absolute Gasteiger partial charge is 0.404 e. The third kappa shape index (κ3) is 15.9. The fraction of sp³-hybridized carbons (Fsp3) is 0.659. The Kier molecular flexibility index (Phi) is 20.0. The molecule has 13 nitrogen and oxygen atoms in total. The van der Waals surface area contributed by atoms with E-state index in [1.165, 1.54) is 27.7 Å². The Morgan fingerprint density at radius 3 is 1.83 bits per heavy atom. The van der Waals surface area contributed by atoms with Crippen molar-refractivity contribution in [1.82, 2.24) is 0 Å². The average molecular weight is 762 g/mol. The summed E-state index contributed by atoms with van der Waals surface area (Å²) in [5.74, 6) is -5.03. The highest BCUT2D eigenvalue weighted by Gasteiger charge is 2.44. The fourth-order valence-corrected chi connectivity index (χ4v) is 7.28. The van der Waals surface area contributed by atoms with Crippen LogP contribution in [0.1, 0.15) is 95.9 Å². The van der Waals surface area contributed by atoms with E-state index in [2.05, 4.69) is 6.58 Å². The van der Waals surface area contributed by atoms with Gasteiger partial charge in [0.25, 0.3) is 0 Å². The Hall–Kier alpha value is -4.42. The predicted molar refractivity (Wildman–Crippen MR) is 202 cm³/mol. The van der Waals surface area contributed by atoms with Gasteiger partial charge in [-0.3, -0.25) is 24.0 Å². The Morgan fingerprint density at radius 1 is 0.759 bits per heavy atom. The molecule has 54 heavy (non-hydrogen) atoms. The van der Waals surface area contributed by atoms with Crippen molar-refractivity contribution in [2.45, 2.75) is 133 Å². The topological polar surface area (TPSA) is 184 Å². The van der Waals surface area contributed by atoms with Gasteiger partial charge in [-0.2, -0.15) is 0 Å². The highest BCUT2D eigenvalue weighted by Crippen LogP contribution is 2.34. The number of cyclic esters (lactones) is 1. The van der Waals surface area contributed by atoms with E-state index in [-0.39, 0.29) is 36.0 Å². The summed E-state index contributed by atoms with van der Waals surface area (Å²) in [6.45, 7) is 23.8. The van der Waals surface area contributed by atoms with Gasteiger partial charge < -0.3 is 34.2 Å². The zero-order chi connectivity index (χ0) is 41.4. The van der Waals surface area contributed by atoms with Crippen LogP contribution in [0.4, 0.5) is 4.79 Å². The molecule has 1 amide bonds. The molecule has 0 aliphatic carbocycles. The maximum Gasteiger partial charge on any atom is 0.404 e. The first kappa shape index (κ1) is 47.6. The molecule has 0 spiro atoms.